The maximum Gasteiger partial charge on any atom is 0.260 e. The van der Waals surface area contributed by atoms with Crippen molar-refractivity contribution in [2.24, 2.45) is 0 Å². The van der Waals surface area contributed by atoms with Crippen LogP contribution < -0.4 is 10.6 Å². The van der Waals surface area contributed by atoms with Crippen LogP contribution in [-0.2, 0) is 11.2 Å². The highest BCUT2D eigenvalue weighted by molar-refractivity contribution is 6.31. The van der Waals surface area contributed by atoms with Crippen molar-refractivity contribution in [1.29, 1.82) is 5.26 Å². The van der Waals surface area contributed by atoms with Crippen LogP contribution in [-0.4, -0.2) is 17.6 Å². The van der Waals surface area contributed by atoms with Gasteiger partial charge in [0.15, 0.2) is 5.78 Å². The number of imide groups is 1. The third kappa shape index (κ3) is 4.05. The summed E-state index contributed by atoms with van der Waals surface area (Å²) in [7, 11) is 0. The predicted octanol–water partition coefficient (Wildman–Crippen LogP) is 4.35. The minimum atomic E-state index is -0.506. The highest BCUT2D eigenvalue weighted by Crippen LogP contribution is 2.31. The van der Waals surface area contributed by atoms with Gasteiger partial charge in [-0.3, -0.25) is 19.7 Å². The molecule has 0 saturated heterocycles. The van der Waals surface area contributed by atoms with Crippen LogP contribution >= 0.6 is 0 Å². The molecule has 4 rings (SSSR count). The van der Waals surface area contributed by atoms with Crippen molar-refractivity contribution >= 4 is 28.9 Å². The van der Waals surface area contributed by atoms with Crippen LogP contribution in [0.1, 0.15) is 38.8 Å². The van der Waals surface area contributed by atoms with E-state index < -0.39 is 11.8 Å². The summed E-state index contributed by atoms with van der Waals surface area (Å²) in [5.41, 5.74) is 4.86. The summed E-state index contributed by atoms with van der Waals surface area (Å²) in [4.78, 5) is 37.1. The quantitative estimate of drug-likeness (QED) is 0.363. The third-order valence-electron chi connectivity index (χ3n) is 5.26. The first-order valence-electron chi connectivity index (χ1n) is 10.0. The number of rotatable bonds is 5. The molecule has 2 N–H and O–H groups in total. The van der Waals surface area contributed by atoms with Gasteiger partial charge in [0.05, 0.1) is 18.1 Å². The molecule has 0 saturated carbocycles. The topological polar surface area (TPSA) is 99.1 Å². The Morgan fingerprint density at radius 2 is 1.72 bits per heavy atom. The van der Waals surface area contributed by atoms with Crippen LogP contribution in [0, 0.1) is 11.3 Å². The van der Waals surface area contributed by atoms with Gasteiger partial charge >= 0.3 is 0 Å². The Morgan fingerprint density at radius 1 is 0.969 bits per heavy atom. The molecule has 0 atom stereocenters. The van der Waals surface area contributed by atoms with Gasteiger partial charge in [-0.05, 0) is 47.9 Å². The van der Waals surface area contributed by atoms with Crippen molar-refractivity contribution in [3.8, 4) is 17.2 Å². The molecular formula is C26H19N3O3. The minimum absolute atomic E-state index is 0.0654. The second-order valence-electron chi connectivity index (χ2n) is 7.38. The summed E-state index contributed by atoms with van der Waals surface area (Å²) in [5.74, 6) is -1.04. The standard InChI is InChI=1S/C26H19N3O3/c1-16(30)20-4-2-3-5-21(20)18-8-11-22-23(14-18)24(26(32)29-25(22)31)15-28-19-9-6-17(7-10-19)12-13-27/h2-11,14-15,28H,12H2,1H3,(H,29,31,32). The lowest BCUT2D eigenvalue weighted by molar-refractivity contribution is -0.114. The highest BCUT2D eigenvalue weighted by atomic mass is 16.2. The monoisotopic (exact) mass is 421 g/mol. The molecule has 156 valence electrons. The fraction of sp³-hybridized carbons (Fsp3) is 0.0769. The molecule has 3 aromatic carbocycles. The van der Waals surface area contributed by atoms with E-state index in [2.05, 4.69) is 16.7 Å². The van der Waals surface area contributed by atoms with E-state index in [0.717, 1.165) is 22.4 Å². The van der Waals surface area contributed by atoms with Crippen LogP contribution in [0.4, 0.5) is 5.69 Å². The van der Waals surface area contributed by atoms with Crippen molar-refractivity contribution in [2.45, 2.75) is 13.3 Å². The molecule has 0 radical (unpaired) electrons. The van der Waals surface area contributed by atoms with Crippen molar-refractivity contribution in [2.75, 3.05) is 5.32 Å². The van der Waals surface area contributed by atoms with Crippen molar-refractivity contribution in [1.82, 2.24) is 5.32 Å². The number of carbonyl (C=O) groups is 3. The predicted molar refractivity (Wildman–Crippen MR) is 122 cm³/mol. The first-order chi connectivity index (χ1) is 15.5. The largest absolute Gasteiger partial charge is 0.361 e. The Balaban J connectivity index is 1.74. The number of nitriles is 1. The first kappa shape index (κ1) is 20.8. The second-order valence-corrected chi connectivity index (χ2v) is 7.38. The fourth-order valence-corrected chi connectivity index (χ4v) is 3.64. The minimum Gasteiger partial charge on any atom is -0.361 e. The normalized spacial score (nSPS) is 13.8. The number of nitrogens with one attached hydrogen (secondary N) is 2. The van der Waals surface area contributed by atoms with Crippen LogP contribution in [0.2, 0.25) is 0 Å². The van der Waals surface area contributed by atoms with Gasteiger partial charge < -0.3 is 5.32 Å². The zero-order valence-electron chi connectivity index (χ0n) is 17.3. The summed E-state index contributed by atoms with van der Waals surface area (Å²) in [6, 6.07) is 21.8. The van der Waals surface area contributed by atoms with E-state index in [9.17, 15) is 14.4 Å². The Hall–Kier alpha value is -4.50. The molecule has 6 heteroatoms. The molecule has 0 aliphatic carbocycles. The number of benzene rings is 3. The van der Waals surface area contributed by atoms with E-state index in [1.165, 1.54) is 6.92 Å². The molecule has 3 aromatic rings. The van der Waals surface area contributed by atoms with Crippen LogP contribution in [0.15, 0.2) is 72.9 Å². The lowest BCUT2D eigenvalue weighted by atomic mass is 9.89. The second kappa shape index (κ2) is 8.70. The number of hydrogen-bond donors (Lipinski definition) is 2. The van der Waals surface area contributed by atoms with E-state index >= 15 is 0 Å². The summed E-state index contributed by atoms with van der Waals surface area (Å²) >= 11 is 0. The van der Waals surface area contributed by atoms with Gasteiger partial charge in [0.25, 0.3) is 11.8 Å². The van der Waals surface area contributed by atoms with Gasteiger partial charge in [-0.15, -0.1) is 0 Å². The molecule has 0 unspecified atom stereocenters. The summed E-state index contributed by atoms with van der Waals surface area (Å²) in [6.45, 7) is 1.51. The number of fused-ring (bicyclic) bond motifs is 1. The molecule has 0 aromatic heterocycles. The zero-order chi connectivity index (χ0) is 22.7. The smallest absolute Gasteiger partial charge is 0.260 e. The Bertz CT molecular complexity index is 1310. The number of anilines is 1. The van der Waals surface area contributed by atoms with E-state index in [1.54, 1.807) is 36.5 Å². The molecule has 1 heterocycles. The molecule has 1 aliphatic heterocycles. The molecule has 32 heavy (non-hydrogen) atoms. The fourth-order valence-electron chi connectivity index (χ4n) is 3.64. The summed E-state index contributed by atoms with van der Waals surface area (Å²) in [5, 5.41) is 14.2. The average molecular weight is 421 g/mol. The van der Waals surface area contributed by atoms with Gasteiger partial charge in [-0.2, -0.15) is 5.26 Å². The number of hydrogen-bond acceptors (Lipinski definition) is 5. The van der Waals surface area contributed by atoms with Crippen molar-refractivity contribution < 1.29 is 14.4 Å². The third-order valence-corrected chi connectivity index (χ3v) is 5.26. The van der Waals surface area contributed by atoms with E-state index in [1.807, 2.05) is 36.4 Å². The van der Waals surface area contributed by atoms with Crippen LogP contribution in [0.25, 0.3) is 16.7 Å². The van der Waals surface area contributed by atoms with Gasteiger partial charge in [0.2, 0.25) is 0 Å². The van der Waals surface area contributed by atoms with Crippen molar-refractivity contribution in [3.63, 3.8) is 0 Å². The maximum atomic E-state index is 12.6. The first-order valence-corrected chi connectivity index (χ1v) is 10.0. The molecule has 0 fully saturated rings. The van der Waals surface area contributed by atoms with E-state index in [-0.39, 0.29) is 5.78 Å². The van der Waals surface area contributed by atoms with Crippen LogP contribution in [0.5, 0.6) is 0 Å². The molecule has 0 bridgehead atoms. The van der Waals surface area contributed by atoms with Crippen LogP contribution in [0.3, 0.4) is 0 Å². The SMILES string of the molecule is CC(=O)c1ccccc1-c1ccc2c(c1)C(=CNc1ccc(CC#N)cc1)C(=O)NC2=O. The number of ketones is 1. The van der Waals surface area contributed by atoms with E-state index in [0.29, 0.717) is 28.7 Å². The van der Waals surface area contributed by atoms with Gasteiger partial charge in [-0.25, -0.2) is 0 Å². The number of amides is 2. The van der Waals surface area contributed by atoms with Gasteiger partial charge in [0.1, 0.15) is 0 Å². The zero-order valence-corrected chi connectivity index (χ0v) is 17.3. The molecule has 2 amide bonds. The molecule has 0 spiro atoms. The maximum absolute atomic E-state index is 12.6. The number of carbonyl (C=O) groups excluding carboxylic acids is 3. The Morgan fingerprint density at radius 3 is 2.44 bits per heavy atom. The van der Waals surface area contributed by atoms with Gasteiger partial charge in [-0.1, -0.05) is 42.5 Å². The average Bonchev–Trinajstić information content (AvgIpc) is 2.80. The molecular weight excluding hydrogens is 402 g/mol. The number of Topliss-reactive ketones (excluding diaryl/α,β-unsaturated/α-hetero) is 1. The summed E-state index contributed by atoms with van der Waals surface area (Å²) in [6.07, 6.45) is 1.88. The lowest BCUT2D eigenvalue weighted by Gasteiger charge is -2.20. The lowest BCUT2D eigenvalue weighted by Crippen LogP contribution is -2.36. The van der Waals surface area contributed by atoms with Crippen molar-refractivity contribution in [3.05, 3.63) is 95.2 Å². The Kier molecular flexibility index (Phi) is 5.65. The molecule has 6 nitrogen and oxygen atoms in total. The highest BCUT2D eigenvalue weighted by Gasteiger charge is 2.28. The Labute approximate surface area is 185 Å². The number of nitrogens with zero attached hydrogens (tertiary/aromatic N) is 1. The van der Waals surface area contributed by atoms with E-state index in [4.69, 9.17) is 5.26 Å². The summed E-state index contributed by atoms with van der Waals surface area (Å²) < 4.78 is 0. The van der Waals surface area contributed by atoms with Gasteiger partial charge in [0, 0.05) is 28.6 Å². The molecule has 1 aliphatic rings.